The third-order valence-corrected chi connectivity index (χ3v) is 0.518. The molecule has 0 aromatic heterocycles. The summed E-state index contributed by atoms with van der Waals surface area (Å²) in [5.41, 5.74) is 2.49. The van der Waals surface area contributed by atoms with Gasteiger partial charge in [-0.15, -0.1) is 0 Å². The highest BCUT2D eigenvalue weighted by Gasteiger charge is 1.87. The van der Waals surface area contributed by atoms with Crippen molar-refractivity contribution in [2.24, 2.45) is 0 Å². The Morgan fingerprint density at radius 3 is 3.00 bits per heavy atom. The van der Waals surface area contributed by atoms with E-state index in [2.05, 4.69) is 16.9 Å². The quantitative estimate of drug-likeness (QED) is 0.459. The number of hydroxylamine groups is 1. The Bertz CT molecular complexity index is 52.6. The van der Waals surface area contributed by atoms with E-state index in [0.717, 1.165) is 6.42 Å². The van der Waals surface area contributed by atoms with E-state index in [1.165, 1.54) is 0 Å². The SMILES string of the molecule is [C]1CC=CNO1. The molecule has 0 spiro atoms. The molecule has 1 rings (SSSR count). The summed E-state index contributed by atoms with van der Waals surface area (Å²) in [5.74, 6) is 0. The highest BCUT2D eigenvalue weighted by atomic mass is 16.6. The summed E-state index contributed by atoms with van der Waals surface area (Å²) in [6, 6.07) is 0. The molecule has 0 fully saturated rings. The first-order valence-corrected chi connectivity index (χ1v) is 1.79. The molecule has 32 valence electrons. The van der Waals surface area contributed by atoms with Gasteiger partial charge < -0.3 is 0 Å². The van der Waals surface area contributed by atoms with Gasteiger partial charge in [-0.3, -0.25) is 10.3 Å². The summed E-state index contributed by atoms with van der Waals surface area (Å²) in [6.07, 6.45) is 4.44. The maximum Gasteiger partial charge on any atom is 0.169 e. The largest absolute Gasteiger partial charge is 0.274 e. The normalized spacial score (nSPS) is 20.0. The summed E-state index contributed by atoms with van der Waals surface area (Å²) >= 11 is 0. The number of nitrogens with one attached hydrogen (secondary N) is 1. The molecule has 0 bridgehead atoms. The van der Waals surface area contributed by atoms with Gasteiger partial charge in [0, 0.05) is 12.6 Å². The third-order valence-electron chi connectivity index (χ3n) is 0.518. The van der Waals surface area contributed by atoms with Gasteiger partial charge in [-0.2, -0.15) is 0 Å². The van der Waals surface area contributed by atoms with Crippen molar-refractivity contribution in [3.63, 3.8) is 0 Å². The van der Waals surface area contributed by atoms with E-state index in [1.54, 1.807) is 6.20 Å². The van der Waals surface area contributed by atoms with Crippen molar-refractivity contribution >= 4 is 0 Å². The highest BCUT2D eigenvalue weighted by molar-refractivity contribution is 4.83. The fourth-order valence-corrected chi connectivity index (χ4v) is 0.273. The van der Waals surface area contributed by atoms with E-state index in [1.807, 2.05) is 6.08 Å². The van der Waals surface area contributed by atoms with Crippen LogP contribution in [0.1, 0.15) is 6.42 Å². The number of hydrogen-bond acceptors (Lipinski definition) is 2. The second kappa shape index (κ2) is 1.82. The Morgan fingerprint density at radius 1 is 1.83 bits per heavy atom. The smallest absolute Gasteiger partial charge is 0.169 e. The predicted molar refractivity (Wildman–Crippen MR) is 21.2 cm³/mol. The van der Waals surface area contributed by atoms with E-state index in [-0.39, 0.29) is 0 Å². The van der Waals surface area contributed by atoms with Crippen LogP contribution < -0.4 is 5.48 Å². The van der Waals surface area contributed by atoms with Crippen LogP contribution in [0.25, 0.3) is 0 Å². The molecule has 0 saturated carbocycles. The molecule has 0 aromatic carbocycles. The van der Waals surface area contributed by atoms with Crippen molar-refractivity contribution < 1.29 is 4.84 Å². The lowest BCUT2D eigenvalue weighted by Crippen LogP contribution is -2.06. The van der Waals surface area contributed by atoms with Gasteiger partial charge in [0.1, 0.15) is 0 Å². The topological polar surface area (TPSA) is 21.3 Å². The molecular weight excluding hydrogens is 78.0 g/mol. The minimum absolute atomic E-state index is 0.785. The standard InChI is InChI=1S/C4H5NO/c1-2-4-6-5-3-1/h1,3,5H,2H2. The van der Waals surface area contributed by atoms with Crippen LogP contribution in [0.2, 0.25) is 0 Å². The van der Waals surface area contributed by atoms with Gasteiger partial charge >= 0.3 is 0 Å². The first-order chi connectivity index (χ1) is 3.00. The Hall–Kier alpha value is -0.500. The van der Waals surface area contributed by atoms with Gasteiger partial charge in [0.15, 0.2) is 6.61 Å². The monoisotopic (exact) mass is 83.0 g/mol. The van der Waals surface area contributed by atoms with Gasteiger partial charge in [0.05, 0.1) is 0 Å². The van der Waals surface area contributed by atoms with Crippen molar-refractivity contribution in [1.82, 2.24) is 5.48 Å². The van der Waals surface area contributed by atoms with E-state index >= 15 is 0 Å². The molecule has 1 N–H and O–H groups in total. The molecule has 0 atom stereocenters. The molecule has 0 amide bonds. The average molecular weight is 83.1 g/mol. The van der Waals surface area contributed by atoms with E-state index in [4.69, 9.17) is 0 Å². The maximum atomic E-state index is 4.48. The zero-order valence-electron chi connectivity index (χ0n) is 3.27. The molecule has 0 aliphatic carbocycles. The van der Waals surface area contributed by atoms with Crippen LogP contribution in [0.15, 0.2) is 12.3 Å². The highest BCUT2D eigenvalue weighted by Crippen LogP contribution is 1.92. The van der Waals surface area contributed by atoms with Gasteiger partial charge in [0.2, 0.25) is 0 Å². The fraction of sp³-hybridized carbons (Fsp3) is 0.250. The lowest BCUT2D eigenvalue weighted by atomic mass is 10.4. The van der Waals surface area contributed by atoms with Crippen molar-refractivity contribution in [3.8, 4) is 0 Å². The molecule has 0 aromatic rings. The Balaban J connectivity index is 2.26. The molecule has 6 heavy (non-hydrogen) atoms. The predicted octanol–water partition coefficient (Wildman–Crippen LogP) is 0.464. The van der Waals surface area contributed by atoms with Crippen molar-refractivity contribution in [2.45, 2.75) is 6.42 Å². The van der Waals surface area contributed by atoms with Crippen molar-refractivity contribution in [3.05, 3.63) is 18.9 Å². The Labute approximate surface area is 36.8 Å². The molecule has 1 aliphatic rings. The van der Waals surface area contributed by atoms with Crippen LogP contribution in [-0.2, 0) is 4.84 Å². The third kappa shape index (κ3) is 0.723. The lowest BCUT2D eigenvalue weighted by molar-refractivity contribution is 0.120. The fourth-order valence-electron chi connectivity index (χ4n) is 0.273. The van der Waals surface area contributed by atoms with Gasteiger partial charge in [-0.25, -0.2) is 0 Å². The molecule has 1 aliphatic heterocycles. The van der Waals surface area contributed by atoms with Gasteiger partial charge in [-0.1, -0.05) is 6.08 Å². The van der Waals surface area contributed by atoms with Crippen LogP contribution in [0, 0.1) is 6.61 Å². The lowest BCUT2D eigenvalue weighted by Gasteiger charge is -2.01. The molecule has 2 radical (unpaired) electrons. The van der Waals surface area contributed by atoms with Crippen LogP contribution >= 0.6 is 0 Å². The van der Waals surface area contributed by atoms with Crippen LogP contribution in [0.5, 0.6) is 0 Å². The van der Waals surface area contributed by atoms with Gasteiger partial charge in [-0.05, 0) is 0 Å². The summed E-state index contributed by atoms with van der Waals surface area (Å²) < 4.78 is 0. The second-order valence-corrected chi connectivity index (χ2v) is 0.971. The summed E-state index contributed by atoms with van der Waals surface area (Å²) in [7, 11) is 0. The zero-order valence-corrected chi connectivity index (χ0v) is 3.27. The molecule has 2 heteroatoms. The summed E-state index contributed by atoms with van der Waals surface area (Å²) in [4.78, 5) is 4.48. The molecule has 0 unspecified atom stereocenters. The van der Waals surface area contributed by atoms with Crippen molar-refractivity contribution in [1.29, 1.82) is 0 Å². The maximum absolute atomic E-state index is 4.48. The van der Waals surface area contributed by atoms with E-state index in [9.17, 15) is 0 Å². The molecular formula is C4H5NO. The van der Waals surface area contributed by atoms with Crippen LogP contribution in [0.3, 0.4) is 0 Å². The van der Waals surface area contributed by atoms with E-state index in [0.29, 0.717) is 0 Å². The first kappa shape index (κ1) is 3.68. The minimum atomic E-state index is 0.785. The average Bonchev–Trinajstić information content (AvgIpc) is 1.72. The van der Waals surface area contributed by atoms with Crippen LogP contribution in [-0.4, -0.2) is 0 Å². The summed E-state index contributed by atoms with van der Waals surface area (Å²) in [6.45, 7) is 2.59. The molecule has 0 saturated heterocycles. The zero-order chi connectivity index (χ0) is 4.24. The summed E-state index contributed by atoms with van der Waals surface area (Å²) in [5, 5.41) is 0. The molecule has 2 nitrogen and oxygen atoms in total. The van der Waals surface area contributed by atoms with Crippen LogP contribution in [0.4, 0.5) is 0 Å². The first-order valence-electron chi connectivity index (χ1n) is 1.79. The number of hydrogen-bond donors (Lipinski definition) is 1. The van der Waals surface area contributed by atoms with Crippen molar-refractivity contribution in [2.75, 3.05) is 0 Å². The van der Waals surface area contributed by atoms with Gasteiger partial charge in [0.25, 0.3) is 0 Å². The second-order valence-electron chi connectivity index (χ2n) is 0.971. The van der Waals surface area contributed by atoms with E-state index < -0.39 is 0 Å². The number of rotatable bonds is 0. The Kier molecular flexibility index (Phi) is 1.12. The molecule has 1 heterocycles. The minimum Gasteiger partial charge on any atom is -0.274 e. The Morgan fingerprint density at radius 2 is 2.83 bits per heavy atom.